The van der Waals surface area contributed by atoms with E-state index in [1.54, 1.807) is 18.2 Å². The summed E-state index contributed by atoms with van der Waals surface area (Å²) in [6, 6.07) is 7.65. The highest BCUT2D eigenvalue weighted by molar-refractivity contribution is 7.20. The van der Waals surface area contributed by atoms with Crippen LogP contribution in [-0.4, -0.2) is 63.9 Å². The van der Waals surface area contributed by atoms with Crippen molar-refractivity contribution in [2.75, 3.05) is 31.8 Å². The smallest absolute Gasteiger partial charge is 0.295 e. The fourth-order valence-corrected chi connectivity index (χ4v) is 8.73. The summed E-state index contributed by atoms with van der Waals surface area (Å²) in [6.45, 7) is 13.5. The number of Topliss-reactive ketones (excluding diaryl/α,β-unsaturated/α-hetero) is 1. The molecule has 1 saturated carbocycles. The average molecular weight is 681 g/mol. The van der Waals surface area contributed by atoms with Gasteiger partial charge in [0.15, 0.2) is 5.78 Å². The minimum atomic E-state index is -2.39. The van der Waals surface area contributed by atoms with E-state index in [0.29, 0.717) is 45.9 Å². The molecule has 1 saturated heterocycles. The number of carbonyl (C=O) groups is 3. The van der Waals surface area contributed by atoms with Crippen molar-refractivity contribution >= 4 is 42.3 Å². The molecule has 0 N–H and O–H groups in total. The lowest BCUT2D eigenvalue weighted by atomic mass is 9.56. The molecule has 3 aromatic rings. The summed E-state index contributed by atoms with van der Waals surface area (Å²) in [5.41, 5.74) is 0.630. The molecule has 10 nitrogen and oxygen atoms in total. The van der Waals surface area contributed by atoms with Crippen LogP contribution in [0, 0.1) is 18.3 Å². The molecule has 1 aromatic carbocycles. The van der Waals surface area contributed by atoms with Crippen LogP contribution >= 0.6 is 11.3 Å². The number of fused-ring (bicyclic) bond motifs is 1. The highest BCUT2D eigenvalue weighted by Gasteiger charge is 2.63. The van der Waals surface area contributed by atoms with Crippen LogP contribution in [0.25, 0.3) is 10.8 Å². The number of ketones is 1. The van der Waals surface area contributed by atoms with Gasteiger partial charge in [0.25, 0.3) is 14.3 Å². The SMILES string of the molecule is COc1ccccc1C(CN1C(=O)C2(CC(C(=O)O[Si](C)(C)C(C)(C)C)C2)C(=O)c2c1sc(-c1ncco1)c2C)OC1CCOCC1. The van der Waals surface area contributed by atoms with Gasteiger partial charge in [-0.15, -0.1) is 11.3 Å². The van der Waals surface area contributed by atoms with Gasteiger partial charge in [-0.05, 0) is 62.4 Å². The Morgan fingerprint density at radius 2 is 1.87 bits per heavy atom. The van der Waals surface area contributed by atoms with E-state index in [0.717, 1.165) is 18.4 Å². The van der Waals surface area contributed by atoms with E-state index in [4.69, 9.17) is 23.1 Å². The fourth-order valence-electron chi connectivity index (χ4n) is 6.50. The van der Waals surface area contributed by atoms with Gasteiger partial charge in [-0.25, -0.2) is 4.98 Å². The molecule has 12 heteroatoms. The number of rotatable bonds is 9. The van der Waals surface area contributed by atoms with Gasteiger partial charge in [-0.1, -0.05) is 39.0 Å². The lowest BCUT2D eigenvalue weighted by molar-refractivity contribution is -0.150. The van der Waals surface area contributed by atoms with Crippen LogP contribution in [-0.2, 0) is 23.5 Å². The quantitative estimate of drug-likeness (QED) is 0.172. The molecule has 6 rings (SSSR count). The van der Waals surface area contributed by atoms with Crippen molar-refractivity contribution in [3.63, 3.8) is 0 Å². The average Bonchev–Trinajstić information content (AvgIpc) is 3.66. The number of para-hydroxylation sites is 1. The van der Waals surface area contributed by atoms with Crippen LogP contribution in [0.5, 0.6) is 5.75 Å². The van der Waals surface area contributed by atoms with Crippen molar-refractivity contribution in [2.24, 2.45) is 11.3 Å². The molecule has 0 radical (unpaired) electrons. The minimum Gasteiger partial charge on any atom is -0.519 e. The van der Waals surface area contributed by atoms with Crippen molar-refractivity contribution in [1.29, 1.82) is 0 Å². The molecule has 1 spiro atoms. The van der Waals surface area contributed by atoms with Crippen molar-refractivity contribution in [3.05, 3.63) is 53.4 Å². The molecule has 2 aromatic heterocycles. The Bertz CT molecular complexity index is 1650. The van der Waals surface area contributed by atoms with Crippen molar-refractivity contribution in [1.82, 2.24) is 4.98 Å². The van der Waals surface area contributed by atoms with Gasteiger partial charge in [0.2, 0.25) is 11.8 Å². The number of aromatic nitrogens is 1. The number of hydrogen-bond acceptors (Lipinski definition) is 10. The van der Waals surface area contributed by atoms with Crippen molar-refractivity contribution in [2.45, 2.75) is 83.7 Å². The Hall–Kier alpha value is -3.32. The summed E-state index contributed by atoms with van der Waals surface area (Å²) >= 11 is 1.32. The predicted octanol–water partition coefficient (Wildman–Crippen LogP) is 7.13. The third-order valence-electron chi connectivity index (χ3n) is 10.4. The third kappa shape index (κ3) is 5.98. The Morgan fingerprint density at radius 3 is 2.51 bits per heavy atom. The highest BCUT2D eigenvalue weighted by Crippen LogP contribution is 2.57. The molecule has 2 fully saturated rings. The number of carbonyl (C=O) groups excluding carboxylic acids is 3. The van der Waals surface area contributed by atoms with Crippen molar-refractivity contribution in [3.8, 4) is 16.5 Å². The summed E-state index contributed by atoms with van der Waals surface area (Å²) in [4.78, 5) is 49.4. The van der Waals surface area contributed by atoms with Gasteiger partial charge in [-0.3, -0.25) is 19.3 Å². The first-order chi connectivity index (χ1) is 22.3. The van der Waals surface area contributed by atoms with Gasteiger partial charge in [-0.2, -0.15) is 0 Å². The van der Waals surface area contributed by atoms with Crippen molar-refractivity contribution < 1.29 is 37.4 Å². The number of nitrogens with zero attached hydrogens (tertiary/aromatic N) is 2. The zero-order valence-electron chi connectivity index (χ0n) is 28.2. The number of amides is 1. The van der Waals surface area contributed by atoms with Crippen LogP contribution in [0.4, 0.5) is 5.00 Å². The molecular formula is C35H44N2O8SSi. The van der Waals surface area contributed by atoms with E-state index in [1.807, 2.05) is 44.3 Å². The summed E-state index contributed by atoms with van der Waals surface area (Å²) in [5.74, 6) is -0.385. The van der Waals surface area contributed by atoms with Gasteiger partial charge >= 0.3 is 0 Å². The summed E-state index contributed by atoms with van der Waals surface area (Å²) in [6.07, 6.45) is 4.11. The zero-order chi connectivity index (χ0) is 33.7. The lowest BCUT2D eigenvalue weighted by Crippen LogP contribution is -2.61. The maximum Gasteiger partial charge on any atom is 0.295 e. The number of anilines is 1. The number of thiophene rings is 1. The van der Waals surface area contributed by atoms with E-state index < -0.39 is 25.8 Å². The van der Waals surface area contributed by atoms with Crippen LogP contribution in [0.1, 0.15) is 74.0 Å². The summed E-state index contributed by atoms with van der Waals surface area (Å²) < 4.78 is 29.8. The second-order valence-corrected chi connectivity index (χ2v) is 20.1. The standard InChI is InChI=1S/C35H44N2O8SSi/c1-21-27-29(38)35(18-22(19-35)32(39)45-47(6,7)34(2,3)4)33(40)37(31(27)46-28(21)30-36-14-17-43-30)20-26(44-23-12-15-42-16-13-23)24-10-8-9-11-25(24)41-5/h8-11,14,17,22-23,26H,12-13,15-16,18-20H2,1-7H3. The first kappa shape index (κ1) is 33.6. The highest BCUT2D eigenvalue weighted by atomic mass is 32.1. The van der Waals surface area contributed by atoms with Crippen LogP contribution < -0.4 is 9.64 Å². The van der Waals surface area contributed by atoms with Gasteiger partial charge in [0.05, 0.1) is 42.3 Å². The van der Waals surface area contributed by atoms with E-state index >= 15 is 0 Å². The maximum atomic E-state index is 14.8. The normalized spacial score (nSPS) is 22.6. The Kier molecular flexibility index (Phi) is 9.01. The third-order valence-corrected chi connectivity index (χ3v) is 16.0. The second-order valence-electron chi connectivity index (χ2n) is 14.4. The number of hydrogen-bond donors (Lipinski definition) is 0. The Balaban J connectivity index is 1.38. The van der Waals surface area contributed by atoms with Crippen LogP contribution in [0.3, 0.4) is 0 Å². The predicted molar refractivity (Wildman–Crippen MR) is 180 cm³/mol. The van der Waals surface area contributed by atoms with Gasteiger partial charge in [0, 0.05) is 18.8 Å². The molecular weight excluding hydrogens is 637 g/mol. The fraction of sp³-hybridized carbons (Fsp3) is 0.543. The number of methoxy groups -OCH3 is 1. The minimum absolute atomic E-state index is 0.0697. The van der Waals surface area contributed by atoms with Crippen LogP contribution in [0.2, 0.25) is 18.1 Å². The first-order valence-corrected chi connectivity index (χ1v) is 20.0. The molecule has 2 aliphatic heterocycles. The molecule has 1 unspecified atom stereocenters. The van der Waals surface area contributed by atoms with Gasteiger partial charge in [0.1, 0.15) is 28.5 Å². The van der Waals surface area contributed by atoms with Gasteiger partial charge < -0.3 is 23.1 Å². The molecule has 252 valence electrons. The zero-order valence-corrected chi connectivity index (χ0v) is 30.0. The molecule has 1 amide bonds. The van der Waals surface area contributed by atoms with E-state index in [9.17, 15) is 14.4 Å². The largest absolute Gasteiger partial charge is 0.519 e. The molecule has 1 aliphatic carbocycles. The summed E-state index contributed by atoms with van der Waals surface area (Å²) in [7, 11) is -0.773. The number of ether oxygens (including phenoxy) is 3. The van der Waals surface area contributed by atoms with Crippen LogP contribution in [0.15, 0.2) is 41.1 Å². The molecule has 47 heavy (non-hydrogen) atoms. The first-order valence-electron chi connectivity index (χ1n) is 16.3. The lowest BCUT2D eigenvalue weighted by Gasteiger charge is -2.50. The maximum absolute atomic E-state index is 14.8. The molecule has 1 atom stereocenters. The Morgan fingerprint density at radius 1 is 1.17 bits per heavy atom. The monoisotopic (exact) mass is 680 g/mol. The topological polar surface area (TPSA) is 117 Å². The van der Waals surface area contributed by atoms with E-state index in [1.165, 1.54) is 17.6 Å². The van der Waals surface area contributed by atoms with E-state index in [-0.39, 0.29) is 48.2 Å². The second kappa shape index (κ2) is 12.6. The summed E-state index contributed by atoms with van der Waals surface area (Å²) in [5, 5.41) is 0.382. The molecule has 0 bridgehead atoms. The number of benzene rings is 1. The number of oxazole rings is 1. The molecule has 3 aliphatic rings. The Labute approximate surface area is 280 Å². The molecule has 4 heterocycles. The van der Waals surface area contributed by atoms with E-state index in [2.05, 4.69) is 25.8 Å².